The molecule has 3 fully saturated rings. The highest BCUT2D eigenvalue weighted by Gasteiger charge is 2.46. The third-order valence-electron chi connectivity index (χ3n) is 13.8. The fraction of sp³-hybridized carbons (Fsp3) is 0.438. The highest BCUT2D eigenvalue weighted by atomic mass is 16.5. The van der Waals surface area contributed by atoms with Gasteiger partial charge in [-0.05, 0) is 73.2 Å². The Morgan fingerprint density at radius 2 is 1.68 bits per heavy atom. The Bertz CT molecular complexity index is 2610. The Morgan fingerprint density at radius 1 is 0.905 bits per heavy atom. The van der Waals surface area contributed by atoms with Crippen molar-refractivity contribution in [1.29, 1.82) is 5.26 Å². The molecule has 63 heavy (non-hydrogen) atoms. The van der Waals surface area contributed by atoms with Gasteiger partial charge in [0.1, 0.15) is 6.04 Å². The number of nitrogens with one attached hydrogen (secondary N) is 3. The number of ether oxygens (including phenoxy) is 1. The number of nitrogens with zero attached hydrogens (tertiary/aromatic N) is 5. The van der Waals surface area contributed by atoms with E-state index >= 15 is 0 Å². The number of carbonyl (C=O) groups is 6. The molecule has 15 heteroatoms. The fourth-order valence-electron chi connectivity index (χ4n) is 10.3. The number of hydrogen-bond donors (Lipinski definition) is 3. The van der Waals surface area contributed by atoms with Crippen LogP contribution < -0.4 is 15.5 Å². The third-order valence-corrected chi connectivity index (χ3v) is 13.8. The smallest absolute Gasteiger partial charge is 0.264 e. The number of benzene rings is 3. The van der Waals surface area contributed by atoms with E-state index in [1.54, 1.807) is 24.3 Å². The molecule has 1 aromatic heterocycles. The van der Waals surface area contributed by atoms with Gasteiger partial charge in [0.15, 0.2) is 5.78 Å². The van der Waals surface area contributed by atoms with E-state index in [4.69, 9.17) is 4.74 Å². The molecule has 3 aromatic carbocycles. The van der Waals surface area contributed by atoms with Gasteiger partial charge in [-0.25, -0.2) is 0 Å². The number of aromatic amines is 1. The minimum atomic E-state index is -1.03. The summed E-state index contributed by atoms with van der Waals surface area (Å²) in [5.41, 5.74) is 7.54. The summed E-state index contributed by atoms with van der Waals surface area (Å²) in [6, 6.07) is 16.4. The van der Waals surface area contributed by atoms with Gasteiger partial charge >= 0.3 is 0 Å². The van der Waals surface area contributed by atoms with Crippen molar-refractivity contribution < 1.29 is 33.5 Å². The van der Waals surface area contributed by atoms with Crippen LogP contribution in [0.15, 0.2) is 48.5 Å². The summed E-state index contributed by atoms with van der Waals surface area (Å²) in [7, 11) is 0. The Labute approximate surface area is 365 Å². The summed E-state index contributed by atoms with van der Waals surface area (Å²) in [4.78, 5) is 89.2. The predicted octanol–water partition coefficient (Wildman–Crippen LogP) is 4.51. The molecule has 5 amide bonds. The van der Waals surface area contributed by atoms with E-state index in [1.807, 2.05) is 17.0 Å². The van der Waals surface area contributed by atoms with Crippen molar-refractivity contribution in [3.8, 4) is 6.07 Å². The molecular formula is C48H52N8O7. The number of H-pyrrole nitrogens is 1. The number of ketones is 1. The average molecular weight is 853 g/mol. The molecule has 326 valence electrons. The first-order valence-corrected chi connectivity index (χ1v) is 22.1. The summed E-state index contributed by atoms with van der Waals surface area (Å²) in [5.74, 6) is -2.12. The molecule has 4 aliphatic heterocycles. The van der Waals surface area contributed by atoms with Crippen molar-refractivity contribution in [3.05, 3.63) is 93.2 Å². The number of imide groups is 2. The van der Waals surface area contributed by atoms with E-state index < -0.39 is 35.1 Å². The maximum absolute atomic E-state index is 14.1. The van der Waals surface area contributed by atoms with Gasteiger partial charge in [0.05, 0.1) is 48.0 Å². The summed E-state index contributed by atoms with van der Waals surface area (Å²) >= 11 is 0. The molecule has 15 nitrogen and oxygen atoms in total. The molecule has 9 rings (SSSR count). The van der Waals surface area contributed by atoms with Gasteiger partial charge in [0.2, 0.25) is 17.7 Å². The number of hydrogen-bond acceptors (Lipinski definition) is 11. The molecule has 0 saturated carbocycles. The standard InChI is InChI=1S/C48H52N8O7/c1-4-29-25-33-34(48(2,3)44-42(43(33)59)31-9-8-28(27-49)24-36(31)51-44)26-38(29)54-16-12-30(13-17-54)53-18-20-55(21-19-53)40(58)14-22-63-23-15-50-35-7-5-6-32-41(35)47(62)56(46(32)61)37-10-11-39(57)52-45(37)60/h5-9,24-26,30,37,50-51H,4,10-23H2,1-3H3,(H,52,57,60). The number of carbonyl (C=O) groups excluding carboxylic acids is 6. The summed E-state index contributed by atoms with van der Waals surface area (Å²) in [6.45, 7) is 12.2. The van der Waals surface area contributed by atoms with Crippen molar-refractivity contribution >= 4 is 57.6 Å². The summed E-state index contributed by atoms with van der Waals surface area (Å²) < 4.78 is 5.79. The molecule has 5 aliphatic rings. The van der Waals surface area contributed by atoms with Crippen LogP contribution in [0.3, 0.4) is 0 Å². The second kappa shape index (κ2) is 16.7. The molecule has 4 aromatic rings. The molecular weight excluding hydrogens is 801 g/mol. The SMILES string of the molecule is CCc1cc2c(cc1N1CCC(N3CCN(C(=O)CCOCCNc4cccc5c4C(=O)N(C4CCC(=O)NC4=O)C5=O)CC3)CC1)C(C)(C)c1[nH]c3cc(C#N)ccc3c1C2=O. The van der Waals surface area contributed by atoms with Crippen molar-refractivity contribution in [3.63, 3.8) is 0 Å². The lowest BCUT2D eigenvalue weighted by Gasteiger charge is -2.44. The van der Waals surface area contributed by atoms with Crippen molar-refractivity contribution in [2.24, 2.45) is 0 Å². The normalized spacial score (nSPS) is 20.1. The number of anilines is 2. The van der Waals surface area contributed by atoms with Gasteiger partial charge in [-0.1, -0.05) is 32.9 Å². The van der Waals surface area contributed by atoms with E-state index in [1.165, 1.54) is 11.3 Å². The van der Waals surface area contributed by atoms with Crippen LogP contribution in [0.25, 0.3) is 10.9 Å². The van der Waals surface area contributed by atoms with Crippen LogP contribution in [0.2, 0.25) is 0 Å². The Balaban J connectivity index is 0.733. The average Bonchev–Trinajstić information content (AvgIpc) is 3.81. The van der Waals surface area contributed by atoms with Crippen LogP contribution in [-0.2, 0) is 31.0 Å². The van der Waals surface area contributed by atoms with Crippen LogP contribution >= 0.6 is 0 Å². The quantitative estimate of drug-likeness (QED) is 0.142. The summed E-state index contributed by atoms with van der Waals surface area (Å²) in [5, 5.41) is 15.7. The number of aromatic nitrogens is 1. The van der Waals surface area contributed by atoms with Crippen LogP contribution in [0.4, 0.5) is 11.4 Å². The lowest BCUT2D eigenvalue weighted by molar-refractivity contribution is -0.136. The first kappa shape index (κ1) is 42.0. The zero-order valence-electron chi connectivity index (χ0n) is 36.0. The van der Waals surface area contributed by atoms with Crippen LogP contribution in [-0.4, -0.2) is 126 Å². The van der Waals surface area contributed by atoms with Gasteiger partial charge in [0.25, 0.3) is 11.8 Å². The van der Waals surface area contributed by atoms with Crippen LogP contribution in [0.1, 0.15) is 112 Å². The van der Waals surface area contributed by atoms with E-state index in [2.05, 4.69) is 64.4 Å². The maximum atomic E-state index is 14.1. The highest BCUT2D eigenvalue weighted by molar-refractivity contribution is 6.25. The number of aryl methyl sites for hydroxylation is 1. The second-order valence-corrected chi connectivity index (χ2v) is 17.7. The van der Waals surface area contributed by atoms with Crippen molar-refractivity contribution in [2.75, 3.05) is 69.2 Å². The van der Waals surface area contributed by atoms with E-state index in [-0.39, 0.29) is 55.3 Å². The van der Waals surface area contributed by atoms with E-state index in [9.17, 15) is 34.0 Å². The van der Waals surface area contributed by atoms with Crippen molar-refractivity contribution in [1.82, 2.24) is 25.0 Å². The Kier molecular flexibility index (Phi) is 11.1. The zero-order chi connectivity index (χ0) is 44.2. The number of piperazine rings is 1. The Morgan fingerprint density at radius 3 is 2.41 bits per heavy atom. The topological polar surface area (TPSA) is 188 Å². The largest absolute Gasteiger partial charge is 0.382 e. The van der Waals surface area contributed by atoms with Gasteiger partial charge in [-0.3, -0.25) is 43.9 Å². The fourth-order valence-corrected chi connectivity index (χ4v) is 10.3. The molecule has 3 saturated heterocycles. The first-order valence-electron chi connectivity index (χ1n) is 22.1. The number of nitriles is 1. The van der Waals surface area contributed by atoms with Crippen LogP contribution in [0.5, 0.6) is 0 Å². The number of fused-ring (bicyclic) bond motifs is 5. The minimum Gasteiger partial charge on any atom is -0.382 e. The monoisotopic (exact) mass is 852 g/mol. The zero-order valence-corrected chi connectivity index (χ0v) is 36.0. The lowest BCUT2D eigenvalue weighted by atomic mass is 9.70. The van der Waals surface area contributed by atoms with Crippen molar-refractivity contribution in [2.45, 2.75) is 76.8 Å². The van der Waals surface area contributed by atoms with Gasteiger partial charge in [0, 0.05) is 97.2 Å². The first-order chi connectivity index (χ1) is 30.4. The van der Waals surface area contributed by atoms with E-state index in [0.29, 0.717) is 42.5 Å². The molecule has 1 aliphatic carbocycles. The van der Waals surface area contributed by atoms with Gasteiger partial charge in [-0.15, -0.1) is 0 Å². The highest BCUT2D eigenvalue weighted by Crippen LogP contribution is 2.46. The Hall–Kier alpha value is -6.37. The van der Waals surface area contributed by atoms with Crippen LogP contribution in [0, 0.1) is 11.3 Å². The molecule has 1 atom stereocenters. The molecule has 5 heterocycles. The number of amides is 5. The maximum Gasteiger partial charge on any atom is 0.264 e. The number of piperidine rings is 2. The minimum absolute atomic E-state index is 0.0308. The molecule has 0 radical (unpaired) electrons. The predicted molar refractivity (Wildman–Crippen MR) is 235 cm³/mol. The molecule has 0 spiro atoms. The third kappa shape index (κ3) is 7.44. The van der Waals surface area contributed by atoms with E-state index in [0.717, 1.165) is 78.1 Å². The van der Waals surface area contributed by atoms with Gasteiger partial charge in [-0.2, -0.15) is 5.26 Å². The summed E-state index contributed by atoms with van der Waals surface area (Å²) in [6.07, 6.45) is 3.25. The van der Waals surface area contributed by atoms with Gasteiger partial charge < -0.3 is 24.8 Å². The molecule has 1 unspecified atom stereocenters. The lowest BCUT2D eigenvalue weighted by Crippen LogP contribution is -2.54. The number of rotatable bonds is 11. The molecule has 0 bridgehead atoms. The molecule has 3 N–H and O–H groups in total. The second-order valence-electron chi connectivity index (χ2n) is 17.7.